The molecule has 0 saturated heterocycles. The monoisotopic (exact) mass is 200 g/mol. The summed E-state index contributed by atoms with van der Waals surface area (Å²) in [4.78, 5) is 0. The standard InChI is InChI=1S/C13H16N2/c1-11-7-8-14-13(9-11)15-10-12-5-3-2-4-6-12/h2-9,13-15H,10H2,1H3. The summed E-state index contributed by atoms with van der Waals surface area (Å²) in [7, 11) is 0. The second-order valence-corrected chi connectivity index (χ2v) is 3.75. The van der Waals surface area contributed by atoms with E-state index < -0.39 is 0 Å². The third kappa shape index (κ3) is 2.96. The Morgan fingerprint density at radius 2 is 2.07 bits per heavy atom. The van der Waals surface area contributed by atoms with Crippen molar-refractivity contribution in [1.82, 2.24) is 10.6 Å². The van der Waals surface area contributed by atoms with E-state index in [9.17, 15) is 0 Å². The lowest BCUT2D eigenvalue weighted by Crippen LogP contribution is -2.38. The molecule has 2 nitrogen and oxygen atoms in total. The van der Waals surface area contributed by atoms with Crippen molar-refractivity contribution < 1.29 is 0 Å². The van der Waals surface area contributed by atoms with Crippen molar-refractivity contribution >= 4 is 0 Å². The predicted octanol–water partition coefficient (Wildman–Crippen LogP) is 2.17. The Kier molecular flexibility index (Phi) is 3.20. The van der Waals surface area contributed by atoms with E-state index in [1.54, 1.807) is 0 Å². The number of nitrogens with one attached hydrogen (secondary N) is 2. The van der Waals surface area contributed by atoms with E-state index in [4.69, 9.17) is 0 Å². The minimum Gasteiger partial charge on any atom is -0.372 e. The highest BCUT2D eigenvalue weighted by atomic mass is 15.1. The topological polar surface area (TPSA) is 24.1 Å². The Hall–Kier alpha value is -1.54. The van der Waals surface area contributed by atoms with Crippen molar-refractivity contribution in [2.45, 2.75) is 19.6 Å². The quantitative estimate of drug-likeness (QED) is 0.781. The Labute approximate surface area is 90.7 Å². The Morgan fingerprint density at radius 1 is 1.27 bits per heavy atom. The van der Waals surface area contributed by atoms with Gasteiger partial charge in [-0.2, -0.15) is 0 Å². The lowest BCUT2D eigenvalue weighted by atomic mass is 10.2. The molecule has 1 aromatic carbocycles. The second-order valence-electron chi connectivity index (χ2n) is 3.75. The van der Waals surface area contributed by atoms with Crippen molar-refractivity contribution in [3.8, 4) is 0 Å². The average Bonchev–Trinajstić information content (AvgIpc) is 2.28. The van der Waals surface area contributed by atoms with Gasteiger partial charge in [-0.05, 0) is 30.8 Å². The molecule has 0 bridgehead atoms. The molecule has 15 heavy (non-hydrogen) atoms. The molecule has 0 aromatic heterocycles. The van der Waals surface area contributed by atoms with E-state index in [1.165, 1.54) is 11.1 Å². The Morgan fingerprint density at radius 3 is 2.80 bits per heavy atom. The van der Waals surface area contributed by atoms with Gasteiger partial charge in [-0.25, -0.2) is 0 Å². The molecule has 0 radical (unpaired) electrons. The zero-order chi connectivity index (χ0) is 10.5. The van der Waals surface area contributed by atoms with Gasteiger partial charge in [0.15, 0.2) is 0 Å². The van der Waals surface area contributed by atoms with Crippen molar-refractivity contribution in [1.29, 1.82) is 0 Å². The number of rotatable bonds is 3. The summed E-state index contributed by atoms with van der Waals surface area (Å²) in [5.41, 5.74) is 2.60. The lowest BCUT2D eigenvalue weighted by Gasteiger charge is -2.19. The molecule has 1 aliphatic rings. The van der Waals surface area contributed by atoms with Crippen LogP contribution in [0.25, 0.3) is 0 Å². The second kappa shape index (κ2) is 4.80. The predicted molar refractivity (Wildman–Crippen MR) is 63.1 cm³/mol. The molecule has 2 heteroatoms. The molecule has 1 atom stereocenters. The van der Waals surface area contributed by atoms with Crippen LogP contribution in [-0.4, -0.2) is 6.17 Å². The smallest absolute Gasteiger partial charge is 0.0964 e. The van der Waals surface area contributed by atoms with Gasteiger partial charge in [0.05, 0.1) is 6.17 Å². The molecule has 1 aromatic rings. The van der Waals surface area contributed by atoms with Crippen LogP contribution in [0.2, 0.25) is 0 Å². The van der Waals surface area contributed by atoms with Gasteiger partial charge in [-0.1, -0.05) is 35.9 Å². The van der Waals surface area contributed by atoms with Gasteiger partial charge in [-0.3, -0.25) is 5.32 Å². The minimum atomic E-state index is 0.246. The van der Waals surface area contributed by atoms with E-state index in [0.29, 0.717) is 0 Å². The highest BCUT2D eigenvalue weighted by Gasteiger charge is 2.04. The Balaban J connectivity index is 1.87. The summed E-state index contributed by atoms with van der Waals surface area (Å²) >= 11 is 0. The first-order chi connectivity index (χ1) is 7.34. The van der Waals surface area contributed by atoms with E-state index in [-0.39, 0.29) is 6.17 Å². The van der Waals surface area contributed by atoms with Gasteiger partial charge in [0.2, 0.25) is 0 Å². The van der Waals surface area contributed by atoms with E-state index in [1.807, 2.05) is 12.3 Å². The van der Waals surface area contributed by atoms with Crippen LogP contribution in [0.4, 0.5) is 0 Å². The van der Waals surface area contributed by atoms with Crippen LogP contribution in [0.1, 0.15) is 12.5 Å². The van der Waals surface area contributed by atoms with Crippen LogP contribution in [0.3, 0.4) is 0 Å². The zero-order valence-corrected chi connectivity index (χ0v) is 8.90. The molecule has 1 heterocycles. The molecule has 1 aliphatic heterocycles. The van der Waals surface area contributed by atoms with Crippen LogP contribution in [0.15, 0.2) is 54.3 Å². The number of allylic oxidation sites excluding steroid dienone is 2. The van der Waals surface area contributed by atoms with E-state index in [0.717, 1.165) is 6.54 Å². The normalized spacial score (nSPS) is 19.5. The van der Waals surface area contributed by atoms with Gasteiger partial charge < -0.3 is 5.32 Å². The summed E-state index contributed by atoms with van der Waals surface area (Å²) in [5, 5.41) is 6.68. The maximum Gasteiger partial charge on any atom is 0.0964 e. The van der Waals surface area contributed by atoms with Gasteiger partial charge in [-0.15, -0.1) is 0 Å². The maximum atomic E-state index is 3.43. The molecular formula is C13H16N2. The van der Waals surface area contributed by atoms with Crippen LogP contribution >= 0.6 is 0 Å². The van der Waals surface area contributed by atoms with Crippen LogP contribution in [0, 0.1) is 0 Å². The van der Waals surface area contributed by atoms with Crippen molar-refractivity contribution in [3.05, 3.63) is 59.8 Å². The minimum absolute atomic E-state index is 0.246. The highest BCUT2D eigenvalue weighted by Crippen LogP contribution is 2.03. The number of dihydropyridines is 1. The molecule has 78 valence electrons. The van der Waals surface area contributed by atoms with Gasteiger partial charge >= 0.3 is 0 Å². The summed E-state index contributed by atoms with van der Waals surface area (Å²) in [6.45, 7) is 2.99. The summed E-state index contributed by atoms with van der Waals surface area (Å²) in [6, 6.07) is 10.4. The van der Waals surface area contributed by atoms with Crippen LogP contribution in [0.5, 0.6) is 0 Å². The molecule has 1 unspecified atom stereocenters. The first-order valence-corrected chi connectivity index (χ1v) is 5.23. The van der Waals surface area contributed by atoms with Gasteiger partial charge in [0.25, 0.3) is 0 Å². The molecule has 2 rings (SSSR count). The van der Waals surface area contributed by atoms with Crippen LogP contribution < -0.4 is 10.6 Å². The largest absolute Gasteiger partial charge is 0.372 e. The fraction of sp³-hybridized carbons (Fsp3) is 0.231. The first kappa shape index (κ1) is 9.99. The van der Waals surface area contributed by atoms with Gasteiger partial charge in [0, 0.05) is 6.54 Å². The molecule has 0 fully saturated rings. The van der Waals surface area contributed by atoms with Crippen LogP contribution in [-0.2, 0) is 6.54 Å². The number of hydrogen-bond donors (Lipinski definition) is 2. The Bertz CT molecular complexity index is 365. The third-order valence-corrected chi connectivity index (χ3v) is 2.42. The summed E-state index contributed by atoms with van der Waals surface area (Å²) in [5.74, 6) is 0. The number of benzene rings is 1. The lowest BCUT2D eigenvalue weighted by molar-refractivity contribution is 0.543. The third-order valence-electron chi connectivity index (χ3n) is 2.42. The average molecular weight is 200 g/mol. The van der Waals surface area contributed by atoms with Crippen molar-refractivity contribution in [2.24, 2.45) is 0 Å². The highest BCUT2D eigenvalue weighted by molar-refractivity contribution is 5.22. The first-order valence-electron chi connectivity index (χ1n) is 5.23. The maximum absolute atomic E-state index is 3.43. The summed E-state index contributed by atoms with van der Waals surface area (Å²) < 4.78 is 0. The van der Waals surface area contributed by atoms with E-state index in [2.05, 4.69) is 54.0 Å². The molecule has 0 spiro atoms. The molecule has 0 aliphatic carbocycles. The molecule has 2 N–H and O–H groups in total. The molecular weight excluding hydrogens is 184 g/mol. The fourth-order valence-electron chi connectivity index (χ4n) is 1.59. The fourth-order valence-corrected chi connectivity index (χ4v) is 1.59. The zero-order valence-electron chi connectivity index (χ0n) is 8.90. The van der Waals surface area contributed by atoms with Crippen molar-refractivity contribution in [3.63, 3.8) is 0 Å². The van der Waals surface area contributed by atoms with E-state index >= 15 is 0 Å². The number of hydrogen-bond acceptors (Lipinski definition) is 2. The van der Waals surface area contributed by atoms with Gasteiger partial charge in [0.1, 0.15) is 0 Å². The molecule has 0 saturated carbocycles. The molecule has 0 amide bonds. The summed E-state index contributed by atoms with van der Waals surface area (Å²) in [6.07, 6.45) is 6.48. The SMILES string of the molecule is CC1=CC(NCc2ccccc2)NC=C1. The van der Waals surface area contributed by atoms with Crippen molar-refractivity contribution in [2.75, 3.05) is 0 Å².